The Bertz CT molecular complexity index is 775. The van der Waals surface area contributed by atoms with Crippen molar-refractivity contribution in [1.29, 1.82) is 0 Å². The minimum Gasteiger partial charge on any atom is -0.497 e. The lowest BCUT2D eigenvalue weighted by atomic mass is 10.1. The van der Waals surface area contributed by atoms with Gasteiger partial charge in [0.1, 0.15) is 11.4 Å². The summed E-state index contributed by atoms with van der Waals surface area (Å²) in [6, 6.07) is 12.3. The van der Waals surface area contributed by atoms with E-state index in [-0.39, 0.29) is 0 Å². The highest BCUT2D eigenvalue weighted by molar-refractivity contribution is 5.67. The Balaban J connectivity index is 2.13. The van der Waals surface area contributed by atoms with Crippen LogP contribution in [-0.2, 0) is 6.42 Å². The van der Waals surface area contributed by atoms with Crippen LogP contribution in [0.2, 0.25) is 0 Å². The van der Waals surface area contributed by atoms with Crippen molar-refractivity contribution >= 4 is 5.65 Å². The fourth-order valence-electron chi connectivity index (χ4n) is 2.69. The van der Waals surface area contributed by atoms with Gasteiger partial charge in [-0.25, -0.2) is 4.98 Å². The normalized spacial score (nSPS) is 11.0. The van der Waals surface area contributed by atoms with Crippen LogP contribution in [0.25, 0.3) is 16.9 Å². The van der Waals surface area contributed by atoms with Crippen LogP contribution in [0.1, 0.15) is 17.7 Å². The fourth-order valence-corrected chi connectivity index (χ4v) is 2.69. The molecule has 2 N–H and O–H groups in total. The van der Waals surface area contributed by atoms with Gasteiger partial charge in [0.2, 0.25) is 0 Å². The van der Waals surface area contributed by atoms with Crippen molar-refractivity contribution in [2.24, 2.45) is 5.73 Å². The average Bonchev–Trinajstić information content (AvgIpc) is 2.90. The lowest BCUT2D eigenvalue weighted by Gasteiger charge is -2.06. The molecular formula is C18H21N3O. The second kappa shape index (κ2) is 6.20. The SMILES string of the molecule is COc1ccc(-c2nc3cc(C)ccn3c2CCCN)cc1. The van der Waals surface area contributed by atoms with Gasteiger partial charge < -0.3 is 14.9 Å². The molecule has 0 aliphatic carbocycles. The number of aryl methyl sites for hydroxylation is 2. The van der Waals surface area contributed by atoms with Crippen LogP contribution >= 0.6 is 0 Å². The van der Waals surface area contributed by atoms with Crippen LogP contribution in [0.3, 0.4) is 0 Å². The van der Waals surface area contributed by atoms with Gasteiger partial charge in [-0.15, -0.1) is 0 Å². The van der Waals surface area contributed by atoms with Gasteiger partial charge in [-0.3, -0.25) is 0 Å². The predicted octanol–water partition coefficient (Wildman–Crippen LogP) is 3.21. The zero-order chi connectivity index (χ0) is 15.5. The van der Waals surface area contributed by atoms with E-state index in [1.165, 1.54) is 11.3 Å². The molecule has 3 rings (SSSR count). The van der Waals surface area contributed by atoms with Crippen molar-refractivity contribution in [3.63, 3.8) is 0 Å². The first-order chi connectivity index (χ1) is 10.7. The highest BCUT2D eigenvalue weighted by Crippen LogP contribution is 2.27. The monoisotopic (exact) mass is 295 g/mol. The molecule has 0 amide bonds. The fraction of sp³-hybridized carbons (Fsp3) is 0.278. The molecule has 1 aromatic carbocycles. The zero-order valence-corrected chi connectivity index (χ0v) is 13.0. The van der Waals surface area contributed by atoms with Crippen LogP contribution in [0, 0.1) is 6.92 Å². The predicted molar refractivity (Wildman–Crippen MR) is 89.3 cm³/mol. The lowest BCUT2D eigenvalue weighted by Crippen LogP contribution is -2.03. The number of rotatable bonds is 5. The number of aromatic nitrogens is 2. The summed E-state index contributed by atoms with van der Waals surface area (Å²) in [6.45, 7) is 2.77. The lowest BCUT2D eigenvalue weighted by molar-refractivity contribution is 0.415. The van der Waals surface area contributed by atoms with Crippen LogP contribution in [0.15, 0.2) is 42.6 Å². The van der Waals surface area contributed by atoms with E-state index in [9.17, 15) is 0 Å². The summed E-state index contributed by atoms with van der Waals surface area (Å²) in [5.41, 5.74) is 11.2. The van der Waals surface area contributed by atoms with Gasteiger partial charge in [0.05, 0.1) is 18.5 Å². The molecule has 114 valence electrons. The van der Waals surface area contributed by atoms with Crippen LogP contribution in [0.5, 0.6) is 5.75 Å². The number of nitrogens with zero attached hydrogens (tertiary/aromatic N) is 2. The minimum atomic E-state index is 0.682. The first-order valence-electron chi connectivity index (χ1n) is 7.55. The molecule has 0 saturated carbocycles. The molecular weight excluding hydrogens is 274 g/mol. The third-order valence-corrected chi connectivity index (χ3v) is 3.86. The van der Waals surface area contributed by atoms with Crippen molar-refractivity contribution in [2.75, 3.05) is 13.7 Å². The summed E-state index contributed by atoms with van der Waals surface area (Å²) in [5, 5.41) is 0. The number of benzene rings is 1. The quantitative estimate of drug-likeness (QED) is 0.786. The Kier molecular flexibility index (Phi) is 4.11. The highest BCUT2D eigenvalue weighted by atomic mass is 16.5. The van der Waals surface area contributed by atoms with E-state index >= 15 is 0 Å². The van der Waals surface area contributed by atoms with Crippen molar-refractivity contribution in [1.82, 2.24) is 9.38 Å². The number of fused-ring (bicyclic) bond motifs is 1. The molecule has 22 heavy (non-hydrogen) atoms. The molecule has 0 atom stereocenters. The third-order valence-electron chi connectivity index (χ3n) is 3.86. The molecule has 0 saturated heterocycles. The molecule has 0 spiro atoms. The molecule has 0 aliphatic rings. The van der Waals surface area contributed by atoms with E-state index in [0.717, 1.165) is 35.5 Å². The number of nitrogens with two attached hydrogens (primary N) is 1. The summed E-state index contributed by atoms with van der Waals surface area (Å²) in [4.78, 5) is 4.83. The summed E-state index contributed by atoms with van der Waals surface area (Å²) in [7, 11) is 1.68. The van der Waals surface area contributed by atoms with Gasteiger partial charge in [0.15, 0.2) is 0 Å². The maximum Gasteiger partial charge on any atom is 0.137 e. The van der Waals surface area contributed by atoms with E-state index < -0.39 is 0 Å². The Morgan fingerprint density at radius 3 is 2.64 bits per heavy atom. The minimum absolute atomic E-state index is 0.682. The molecule has 3 aromatic rings. The largest absolute Gasteiger partial charge is 0.497 e. The second-order valence-electron chi connectivity index (χ2n) is 5.46. The Morgan fingerprint density at radius 2 is 1.95 bits per heavy atom. The second-order valence-corrected chi connectivity index (χ2v) is 5.46. The van der Waals surface area contributed by atoms with Crippen molar-refractivity contribution < 1.29 is 4.74 Å². The van der Waals surface area contributed by atoms with E-state index in [0.29, 0.717) is 6.54 Å². The van der Waals surface area contributed by atoms with Crippen molar-refractivity contribution in [3.8, 4) is 17.0 Å². The van der Waals surface area contributed by atoms with E-state index in [2.05, 4.69) is 41.8 Å². The van der Waals surface area contributed by atoms with Crippen LogP contribution in [0.4, 0.5) is 0 Å². The van der Waals surface area contributed by atoms with Crippen LogP contribution in [-0.4, -0.2) is 23.0 Å². The molecule has 2 heterocycles. The molecule has 4 nitrogen and oxygen atoms in total. The van der Waals surface area contributed by atoms with Gasteiger partial charge in [0.25, 0.3) is 0 Å². The van der Waals surface area contributed by atoms with Crippen molar-refractivity contribution in [3.05, 3.63) is 53.9 Å². The van der Waals surface area contributed by atoms with Crippen LogP contribution < -0.4 is 10.5 Å². The van der Waals surface area contributed by atoms with Gasteiger partial charge in [-0.1, -0.05) is 0 Å². The van der Waals surface area contributed by atoms with E-state index in [1.807, 2.05) is 12.1 Å². The zero-order valence-electron chi connectivity index (χ0n) is 13.0. The first kappa shape index (κ1) is 14.6. The maximum atomic E-state index is 5.69. The standard InChI is InChI=1S/C18H21N3O/c1-13-9-11-21-16(4-3-10-19)18(20-17(21)12-13)14-5-7-15(22-2)8-6-14/h5-9,11-12H,3-4,10,19H2,1-2H3. The molecule has 2 aromatic heterocycles. The Labute approximate surface area is 130 Å². The number of hydrogen-bond acceptors (Lipinski definition) is 3. The summed E-state index contributed by atoms with van der Waals surface area (Å²) < 4.78 is 7.40. The van der Waals surface area contributed by atoms with Gasteiger partial charge in [0, 0.05) is 11.8 Å². The summed E-state index contributed by atoms with van der Waals surface area (Å²) >= 11 is 0. The molecule has 0 unspecified atom stereocenters. The van der Waals surface area contributed by atoms with Gasteiger partial charge in [-0.2, -0.15) is 0 Å². The maximum absolute atomic E-state index is 5.69. The van der Waals surface area contributed by atoms with Gasteiger partial charge in [-0.05, 0) is 68.3 Å². The number of imidazole rings is 1. The molecule has 0 radical (unpaired) electrons. The molecule has 4 heteroatoms. The average molecular weight is 295 g/mol. The first-order valence-corrected chi connectivity index (χ1v) is 7.55. The molecule has 0 fully saturated rings. The number of hydrogen-bond donors (Lipinski definition) is 1. The number of pyridine rings is 1. The smallest absolute Gasteiger partial charge is 0.137 e. The highest BCUT2D eigenvalue weighted by Gasteiger charge is 2.13. The van der Waals surface area contributed by atoms with E-state index in [1.54, 1.807) is 7.11 Å². The topological polar surface area (TPSA) is 52.5 Å². The van der Waals surface area contributed by atoms with E-state index in [4.69, 9.17) is 15.5 Å². The Morgan fingerprint density at radius 1 is 1.18 bits per heavy atom. The van der Waals surface area contributed by atoms with Gasteiger partial charge >= 0.3 is 0 Å². The summed E-state index contributed by atoms with van der Waals surface area (Å²) in [6.07, 6.45) is 3.96. The third kappa shape index (κ3) is 2.70. The molecule has 0 bridgehead atoms. The number of methoxy groups -OCH3 is 1. The summed E-state index contributed by atoms with van der Waals surface area (Å²) in [5.74, 6) is 0.854. The number of ether oxygens (including phenoxy) is 1. The van der Waals surface area contributed by atoms with Crippen molar-refractivity contribution in [2.45, 2.75) is 19.8 Å². The molecule has 0 aliphatic heterocycles. The Hall–Kier alpha value is -2.33.